The summed E-state index contributed by atoms with van der Waals surface area (Å²) < 4.78 is 29.5. The predicted octanol–water partition coefficient (Wildman–Crippen LogP) is 2.17. The third kappa shape index (κ3) is 5.62. The predicted molar refractivity (Wildman–Crippen MR) is 76.7 cm³/mol. The van der Waals surface area contributed by atoms with Gasteiger partial charge in [0.25, 0.3) is 10.1 Å². The van der Waals surface area contributed by atoms with Gasteiger partial charge in [0.2, 0.25) is 4.75 Å². The van der Waals surface area contributed by atoms with E-state index >= 15 is 0 Å². The average molecular weight is 324 g/mol. The van der Waals surface area contributed by atoms with E-state index in [0.29, 0.717) is 0 Å². The van der Waals surface area contributed by atoms with Crippen molar-refractivity contribution in [2.75, 3.05) is 0 Å². The Bertz CT molecular complexity index is 457. The molecule has 0 amide bonds. The molecule has 0 aromatic rings. The van der Waals surface area contributed by atoms with Crippen LogP contribution in [0.5, 0.6) is 0 Å². The van der Waals surface area contributed by atoms with Crippen LogP contribution in [-0.4, -0.2) is 39.9 Å². The number of rotatable bonds is 11. The van der Waals surface area contributed by atoms with E-state index in [4.69, 9.17) is 10.2 Å². The van der Waals surface area contributed by atoms with Gasteiger partial charge in [0.1, 0.15) is 0 Å². The van der Waals surface area contributed by atoms with Gasteiger partial charge in [0, 0.05) is 0 Å². The van der Waals surface area contributed by atoms with E-state index in [1.54, 1.807) is 0 Å². The summed E-state index contributed by atoms with van der Waals surface area (Å²) in [5.41, 5.74) is 0. The van der Waals surface area contributed by atoms with Gasteiger partial charge in [-0.1, -0.05) is 39.5 Å². The number of unbranched alkanes of at least 4 members (excludes halogenated alkanes) is 1. The van der Waals surface area contributed by atoms with Gasteiger partial charge < -0.3 is 10.2 Å². The van der Waals surface area contributed by atoms with Gasteiger partial charge in [-0.15, -0.1) is 0 Å². The number of carboxylic acids is 2. The highest BCUT2D eigenvalue weighted by Gasteiger charge is 2.52. The van der Waals surface area contributed by atoms with Gasteiger partial charge in [-0.25, -0.2) is 0 Å². The van der Waals surface area contributed by atoms with E-state index in [1.807, 2.05) is 13.8 Å². The van der Waals surface area contributed by atoms with Crippen LogP contribution >= 0.6 is 0 Å². The molecule has 124 valence electrons. The van der Waals surface area contributed by atoms with Crippen molar-refractivity contribution in [3.05, 3.63) is 0 Å². The molecule has 0 spiro atoms. The van der Waals surface area contributed by atoms with Crippen molar-refractivity contribution < 1.29 is 32.8 Å². The molecule has 8 heteroatoms. The van der Waals surface area contributed by atoms with Crippen LogP contribution in [0, 0.1) is 5.92 Å². The second-order valence-corrected chi connectivity index (χ2v) is 7.03. The summed E-state index contributed by atoms with van der Waals surface area (Å²) >= 11 is 0. The zero-order chi connectivity index (χ0) is 16.7. The summed E-state index contributed by atoms with van der Waals surface area (Å²) in [6.07, 6.45) is 2.16. The Morgan fingerprint density at radius 3 is 2.05 bits per heavy atom. The third-order valence-corrected chi connectivity index (χ3v) is 5.33. The van der Waals surface area contributed by atoms with Gasteiger partial charge in [-0.05, 0) is 18.8 Å². The normalized spacial score (nSPS) is 16.1. The lowest BCUT2D eigenvalue weighted by Gasteiger charge is -2.26. The van der Waals surface area contributed by atoms with Crippen LogP contribution in [0.25, 0.3) is 0 Å². The molecule has 0 aromatic carbocycles. The molecule has 7 nitrogen and oxygen atoms in total. The maximum Gasteiger partial charge on any atom is 0.328 e. The number of carboxylic acid groups (broad SMARTS) is 2. The molecule has 0 fully saturated rings. The topological polar surface area (TPSA) is 129 Å². The molecule has 2 atom stereocenters. The third-order valence-electron chi connectivity index (χ3n) is 3.82. The summed E-state index contributed by atoms with van der Waals surface area (Å²) in [5.74, 6) is -3.28. The summed E-state index contributed by atoms with van der Waals surface area (Å²) in [6.45, 7) is 3.92. The van der Waals surface area contributed by atoms with E-state index in [2.05, 4.69) is 0 Å². The highest BCUT2D eigenvalue weighted by molar-refractivity contribution is 7.88. The lowest BCUT2D eigenvalue weighted by atomic mass is 9.88. The smallest absolute Gasteiger partial charge is 0.328 e. The van der Waals surface area contributed by atoms with E-state index in [0.717, 1.165) is 25.7 Å². The molecular formula is C13H24O7S. The number of carbonyl (C=O) groups is 2. The fourth-order valence-corrected chi connectivity index (χ4v) is 3.23. The largest absolute Gasteiger partial charge is 0.481 e. The Morgan fingerprint density at radius 1 is 1.14 bits per heavy atom. The zero-order valence-corrected chi connectivity index (χ0v) is 13.2. The molecule has 21 heavy (non-hydrogen) atoms. The van der Waals surface area contributed by atoms with Crippen molar-refractivity contribution >= 4 is 22.1 Å². The second-order valence-electron chi connectivity index (χ2n) is 5.30. The van der Waals surface area contributed by atoms with Crippen LogP contribution < -0.4 is 0 Å². The molecule has 2 unspecified atom stereocenters. The highest BCUT2D eigenvalue weighted by Crippen LogP contribution is 2.31. The molecule has 0 aliphatic rings. The Labute approximate surface area is 125 Å². The molecule has 3 N–H and O–H groups in total. The fourth-order valence-electron chi connectivity index (χ4n) is 2.33. The van der Waals surface area contributed by atoms with E-state index in [9.17, 15) is 22.6 Å². The first-order chi connectivity index (χ1) is 9.60. The Morgan fingerprint density at radius 2 is 1.71 bits per heavy atom. The van der Waals surface area contributed by atoms with Crippen LogP contribution in [0.4, 0.5) is 0 Å². The fraction of sp³-hybridized carbons (Fsp3) is 0.846. The zero-order valence-electron chi connectivity index (χ0n) is 12.4. The van der Waals surface area contributed by atoms with Gasteiger partial charge in [0.15, 0.2) is 0 Å². The first-order valence-electron chi connectivity index (χ1n) is 7.03. The van der Waals surface area contributed by atoms with Gasteiger partial charge in [-0.2, -0.15) is 8.42 Å². The SMILES string of the molecule is CCCCC(CC)CCC(CC(=O)O)(C(=O)O)S(=O)(=O)O. The Balaban J connectivity index is 5.23. The van der Waals surface area contributed by atoms with Gasteiger partial charge in [-0.3, -0.25) is 14.1 Å². The molecule has 0 radical (unpaired) electrons. The van der Waals surface area contributed by atoms with Crippen molar-refractivity contribution in [3.8, 4) is 0 Å². The molecular weight excluding hydrogens is 300 g/mol. The minimum absolute atomic E-state index is 0.110. The number of hydrogen-bond acceptors (Lipinski definition) is 4. The van der Waals surface area contributed by atoms with Gasteiger partial charge in [0.05, 0.1) is 6.42 Å². The summed E-state index contributed by atoms with van der Waals surface area (Å²) in [6, 6.07) is 0. The lowest BCUT2D eigenvalue weighted by molar-refractivity contribution is -0.147. The molecule has 0 saturated heterocycles. The molecule has 0 rings (SSSR count). The van der Waals surface area contributed by atoms with Crippen molar-refractivity contribution in [3.63, 3.8) is 0 Å². The summed E-state index contributed by atoms with van der Waals surface area (Å²) in [5, 5.41) is 18.0. The summed E-state index contributed by atoms with van der Waals surface area (Å²) in [4.78, 5) is 22.1. The van der Waals surface area contributed by atoms with E-state index < -0.39 is 39.6 Å². The van der Waals surface area contributed by atoms with Crippen molar-refractivity contribution in [2.45, 2.75) is 63.5 Å². The molecule has 0 aliphatic carbocycles. The second kappa shape index (κ2) is 8.33. The van der Waals surface area contributed by atoms with Crippen LogP contribution in [0.3, 0.4) is 0 Å². The van der Waals surface area contributed by atoms with Crippen molar-refractivity contribution in [2.24, 2.45) is 5.92 Å². The van der Waals surface area contributed by atoms with Crippen LogP contribution in [-0.2, 0) is 19.7 Å². The number of hydrogen-bond donors (Lipinski definition) is 3. The van der Waals surface area contributed by atoms with Crippen LogP contribution in [0.2, 0.25) is 0 Å². The highest BCUT2D eigenvalue weighted by atomic mass is 32.2. The Hall–Kier alpha value is -1.15. The van der Waals surface area contributed by atoms with Crippen molar-refractivity contribution in [1.82, 2.24) is 0 Å². The first-order valence-corrected chi connectivity index (χ1v) is 8.47. The molecule has 0 saturated carbocycles. The minimum atomic E-state index is -5.03. The average Bonchev–Trinajstić information content (AvgIpc) is 2.35. The maximum atomic E-state index is 11.5. The minimum Gasteiger partial charge on any atom is -0.481 e. The van der Waals surface area contributed by atoms with E-state index in [-0.39, 0.29) is 12.3 Å². The molecule has 0 heterocycles. The van der Waals surface area contributed by atoms with Crippen LogP contribution in [0.1, 0.15) is 58.8 Å². The Kier molecular flexibility index (Phi) is 7.87. The maximum absolute atomic E-state index is 11.5. The standard InChI is InChI=1S/C13H24O7S/c1-3-5-6-10(4-2)7-8-13(12(16)17,9-11(14)15)21(18,19)20/h10H,3-9H2,1-2H3,(H,14,15)(H,16,17)(H,18,19,20). The summed E-state index contributed by atoms with van der Waals surface area (Å²) in [7, 11) is -5.03. The molecule has 0 bridgehead atoms. The lowest BCUT2D eigenvalue weighted by Crippen LogP contribution is -2.48. The van der Waals surface area contributed by atoms with Crippen LogP contribution in [0.15, 0.2) is 0 Å². The van der Waals surface area contributed by atoms with Crippen molar-refractivity contribution in [1.29, 1.82) is 0 Å². The number of aliphatic carboxylic acids is 2. The van der Waals surface area contributed by atoms with Gasteiger partial charge >= 0.3 is 11.9 Å². The monoisotopic (exact) mass is 324 g/mol. The molecule has 0 aromatic heterocycles. The quantitative estimate of drug-likeness (QED) is 0.497. The first kappa shape index (κ1) is 19.9. The molecule has 0 aliphatic heterocycles. The van der Waals surface area contributed by atoms with E-state index in [1.165, 1.54) is 0 Å².